The second kappa shape index (κ2) is 4.57. The molecule has 0 amide bonds. The highest BCUT2D eigenvalue weighted by molar-refractivity contribution is 5.71. The Morgan fingerprint density at radius 2 is 1.88 bits per heavy atom. The van der Waals surface area contributed by atoms with Crippen molar-refractivity contribution in [3.05, 3.63) is 54.4 Å². The van der Waals surface area contributed by atoms with Crippen LogP contribution in [0.4, 0.5) is 0 Å². The summed E-state index contributed by atoms with van der Waals surface area (Å²) >= 11 is 0. The van der Waals surface area contributed by atoms with Gasteiger partial charge in [-0.15, -0.1) is 0 Å². The summed E-state index contributed by atoms with van der Waals surface area (Å²) in [7, 11) is 0. The van der Waals surface area contributed by atoms with Crippen molar-refractivity contribution < 1.29 is 9.90 Å². The number of pyridine rings is 1. The van der Waals surface area contributed by atoms with Gasteiger partial charge < -0.3 is 5.11 Å². The molecule has 0 bridgehead atoms. The molecule has 1 N–H and O–H groups in total. The van der Waals surface area contributed by atoms with Crippen molar-refractivity contribution in [1.29, 1.82) is 0 Å². The van der Waals surface area contributed by atoms with Gasteiger partial charge in [0.05, 0.1) is 6.42 Å². The van der Waals surface area contributed by atoms with Crippen LogP contribution >= 0.6 is 0 Å². The summed E-state index contributed by atoms with van der Waals surface area (Å²) in [5.74, 6) is -0.841. The zero-order valence-electron chi connectivity index (χ0n) is 8.63. The molecule has 3 heteroatoms. The van der Waals surface area contributed by atoms with Gasteiger partial charge in [-0.1, -0.05) is 30.3 Å². The first-order chi connectivity index (χ1) is 7.75. The fourth-order valence-corrected chi connectivity index (χ4v) is 1.55. The van der Waals surface area contributed by atoms with Crippen LogP contribution in [0.1, 0.15) is 5.56 Å². The van der Waals surface area contributed by atoms with E-state index in [0.29, 0.717) is 5.56 Å². The molecule has 1 heterocycles. The van der Waals surface area contributed by atoms with Crippen LogP contribution in [0.15, 0.2) is 48.8 Å². The molecule has 0 atom stereocenters. The van der Waals surface area contributed by atoms with E-state index in [1.54, 1.807) is 12.4 Å². The molecular weight excluding hydrogens is 202 g/mol. The fourth-order valence-electron chi connectivity index (χ4n) is 1.55. The Hall–Kier alpha value is -2.16. The molecule has 2 aromatic rings. The van der Waals surface area contributed by atoms with Crippen LogP contribution in [0.2, 0.25) is 0 Å². The molecule has 0 unspecified atom stereocenters. The Labute approximate surface area is 93.4 Å². The number of carbonyl (C=O) groups is 1. The van der Waals surface area contributed by atoms with Crippen molar-refractivity contribution in [2.24, 2.45) is 0 Å². The lowest BCUT2D eigenvalue weighted by molar-refractivity contribution is -0.136. The van der Waals surface area contributed by atoms with Crippen LogP contribution in [0.25, 0.3) is 11.1 Å². The summed E-state index contributed by atoms with van der Waals surface area (Å²) in [6.45, 7) is 0. The van der Waals surface area contributed by atoms with E-state index < -0.39 is 5.97 Å². The maximum atomic E-state index is 10.6. The molecule has 1 aromatic carbocycles. The Bertz CT molecular complexity index is 494. The minimum atomic E-state index is -0.841. The molecule has 80 valence electrons. The number of carboxylic acids is 1. The third kappa shape index (κ3) is 2.45. The maximum absolute atomic E-state index is 10.6. The minimum Gasteiger partial charge on any atom is -0.481 e. The molecule has 0 spiro atoms. The fraction of sp³-hybridized carbons (Fsp3) is 0.0769. The SMILES string of the molecule is O=C(O)Cc1cncc(-c2ccccc2)c1. The molecule has 0 saturated carbocycles. The first-order valence-electron chi connectivity index (χ1n) is 4.97. The Morgan fingerprint density at radius 1 is 1.12 bits per heavy atom. The lowest BCUT2D eigenvalue weighted by atomic mass is 10.1. The highest BCUT2D eigenvalue weighted by Crippen LogP contribution is 2.18. The smallest absolute Gasteiger partial charge is 0.307 e. The van der Waals surface area contributed by atoms with Crippen molar-refractivity contribution in [2.75, 3.05) is 0 Å². The zero-order chi connectivity index (χ0) is 11.4. The molecule has 0 radical (unpaired) electrons. The largest absolute Gasteiger partial charge is 0.481 e. The number of rotatable bonds is 3. The number of carboxylic acid groups (broad SMARTS) is 1. The molecular formula is C13H11NO2. The van der Waals surface area contributed by atoms with E-state index in [-0.39, 0.29) is 6.42 Å². The van der Waals surface area contributed by atoms with E-state index >= 15 is 0 Å². The monoisotopic (exact) mass is 213 g/mol. The number of benzene rings is 1. The Balaban J connectivity index is 2.33. The molecule has 0 saturated heterocycles. The van der Waals surface area contributed by atoms with Gasteiger partial charge in [0.1, 0.15) is 0 Å². The third-order valence-corrected chi connectivity index (χ3v) is 2.26. The van der Waals surface area contributed by atoms with E-state index in [4.69, 9.17) is 5.11 Å². The van der Waals surface area contributed by atoms with Gasteiger partial charge in [0, 0.05) is 18.0 Å². The average molecular weight is 213 g/mol. The van der Waals surface area contributed by atoms with Crippen LogP contribution < -0.4 is 0 Å². The zero-order valence-corrected chi connectivity index (χ0v) is 8.63. The van der Waals surface area contributed by atoms with Crippen LogP contribution in [-0.4, -0.2) is 16.1 Å². The van der Waals surface area contributed by atoms with E-state index in [1.165, 1.54) is 0 Å². The topological polar surface area (TPSA) is 50.2 Å². The summed E-state index contributed by atoms with van der Waals surface area (Å²) in [5.41, 5.74) is 2.70. The number of hydrogen-bond acceptors (Lipinski definition) is 2. The van der Waals surface area contributed by atoms with Gasteiger partial charge in [-0.3, -0.25) is 9.78 Å². The van der Waals surface area contributed by atoms with Crippen LogP contribution in [0.3, 0.4) is 0 Å². The van der Waals surface area contributed by atoms with Crippen molar-refractivity contribution >= 4 is 5.97 Å². The van der Waals surface area contributed by atoms with Gasteiger partial charge >= 0.3 is 5.97 Å². The van der Waals surface area contributed by atoms with Gasteiger partial charge in [-0.05, 0) is 17.2 Å². The second-order valence-corrected chi connectivity index (χ2v) is 3.52. The second-order valence-electron chi connectivity index (χ2n) is 3.52. The molecule has 3 nitrogen and oxygen atoms in total. The Morgan fingerprint density at radius 3 is 2.56 bits per heavy atom. The van der Waals surface area contributed by atoms with Gasteiger partial charge in [0.25, 0.3) is 0 Å². The molecule has 16 heavy (non-hydrogen) atoms. The lowest BCUT2D eigenvalue weighted by Gasteiger charge is -2.02. The van der Waals surface area contributed by atoms with Crippen molar-refractivity contribution in [3.8, 4) is 11.1 Å². The summed E-state index contributed by atoms with van der Waals surface area (Å²) in [6.07, 6.45) is 3.33. The van der Waals surface area contributed by atoms with E-state index in [9.17, 15) is 4.79 Å². The Kier molecular flexibility index (Phi) is 2.96. The summed E-state index contributed by atoms with van der Waals surface area (Å²) in [6, 6.07) is 11.6. The summed E-state index contributed by atoms with van der Waals surface area (Å²) < 4.78 is 0. The maximum Gasteiger partial charge on any atom is 0.307 e. The average Bonchev–Trinajstić information content (AvgIpc) is 2.30. The quantitative estimate of drug-likeness (QED) is 0.851. The van der Waals surface area contributed by atoms with Crippen LogP contribution in [-0.2, 0) is 11.2 Å². The van der Waals surface area contributed by atoms with E-state index in [0.717, 1.165) is 11.1 Å². The van der Waals surface area contributed by atoms with Crippen LogP contribution in [0.5, 0.6) is 0 Å². The van der Waals surface area contributed by atoms with Gasteiger partial charge in [0.2, 0.25) is 0 Å². The molecule has 0 aliphatic heterocycles. The predicted molar refractivity (Wildman–Crippen MR) is 61.0 cm³/mol. The summed E-state index contributed by atoms with van der Waals surface area (Å²) in [4.78, 5) is 14.6. The van der Waals surface area contributed by atoms with Gasteiger partial charge in [0.15, 0.2) is 0 Å². The molecule has 2 rings (SSSR count). The van der Waals surface area contributed by atoms with E-state index in [1.807, 2.05) is 36.4 Å². The number of hydrogen-bond donors (Lipinski definition) is 1. The van der Waals surface area contributed by atoms with Crippen molar-refractivity contribution in [3.63, 3.8) is 0 Å². The first kappa shape index (κ1) is 10.4. The standard InChI is InChI=1S/C13H11NO2/c15-13(16)7-10-6-12(9-14-8-10)11-4-2-1-3-5-11/h1-6,8-9H,7H2,(H,15,16). The highest BCUT2D eigenvalue weighted by atomic mass is 16.4. The molecule has 0 fully saturated rings. The molecule has 0 aliphatic carbocycles. The molecule has 0 aliphatic rings. The highest BCUT2D eigenvalue weighted by Gasteiger charge is 2.03. The third-order valence-electron chi connectivity index (χ3n) is 2.26. The van der Waals surface area contributed by atoms with Crippen molar-refractivity contribution in [1.82, 2.24) is 4.98 Å². The van der Waals surface area contributed by atoms with Gasteiger partial charge in [-0.25, -0.2) is 0 Å². The normalized spacial score (nSPS) is 10.0. The van der Waals surface area contributed by atoms with E-state index in [2.05, 4.69) is 4.98 Å². The van der Waals surface area contributed by atoms with Crippen LogP contribution in [0, 0.1) is 0 Å². The summed E-state index contributed by atoms with van der Waals surface area (Å²) in [5, 5.41) is 8.70. The number of nitrogens with zero attached hydrogens (tertiary/aromatic N) is 1. The predicted octanol–water partition coefficient (Wildman–Crippen LogP) is 2.38. The first-order valence-corrected chi connectivity index (χ1v) is 4.97. The number of aromatic nitrogens is 1. The van der Waals surface area contributed by atoms with Gasteiger partial charge in [-0.2, -0.15) is 0 Å². The molecule has 1 aromatic heterocycles. The lowest BCUT2D eigenvalue weighted by Crippen LogP contribution is -2.00. The van der Waals surface area contributed by atoms with Crippen molar-refractivity contribution in [2.45, 2.75) is 6.42 Å². The number of aliphatic carboxylic acids is 1. The minimum absolute atomic E-state index is 0.00761.